The van der Waals surface area contributed by atoms with Crippen LogP contribution >= 0.6 is 0 Å². The quantitative estimate of drug-likeness (QED) is 0.493. The highest BCUT2D eigenvalue weighted by atomic mass is 32.2. The molecule has 0 aromatic heterocycles. The maximum absolute atomic E-state index is 11.0. The van der Waals surface area contributed by atoms with E-state index in [1.54, 1.807) is 0 Å². The maximum atomic E-state index is 11.0. The molecule has 3 N–H and O–H groups in total. The van der Waals surface area contributed by atoms with E-state index in [0.29, 0.717) is 0 Å². The average molecular weight is 298 g/mol. The Bertz CT molecular complexity index is 410. The first-order valence-electron chi connectivity index (χ1n) is 5.94. The van der Waals surface area contributed by atoms with E-state index in [1.807, 2.05) is 0 Å². The van der Waals surface area contributed by atoms with Crippen molar-refractivity contribution in [2.75, 3.05) is 19.5 Å². The van der Waals surface area contributed by atoms with Crippen LogP contribution in [-0.4, -0.2) is 79.8 Å². The average Bonchev–Trinajstić information content (AvgIpc) is 2.31. The lowest BCUT2D eigenvalue weighted by Gasteiger charge is -2.45. The lowest BCUT2D eigenvalue weighted by atomic mass is 9.90. The third-order valence-corrected chi connectivity index (χ3v) is 3.87. The van der Waals surface area contributed by atoms with Gasteiger partial charge in [-0.3, -0.25) is 4.18 Å². The highest BCUT2D eigenvalue weighted by Gasteiger charge is 2.48. The molecule has 0 aliphatic carbocycles. The summed E-state index contributed by atoms with van der Waals surface area (Å²) in [6, 6.07) is 0. The van der Waals surface area contributed by atoms with Gasteiger partial charge in [-0.25, -0.2) is 0 Å². The fraction of sp³-hybridized carbons (Fsp3) is 1.00. The van der Waals surface area contributed by atoms with Crippen LogP contribution in [0.4, 0.5) is 0 Å². The Balaban J connectivity index is 2.03. The van der Waals surface area contributed by atoms with Crippen molar-refractivity contribution in [2.24, 2.45) is 0 Å². The summed E-state index contributed by atoms with van der Waals surface area (Å²) in [5, 5.41) is 28.6. The molecule has 2 aliphatic rings. The smallest absolute Gasteiger partial charge is 0.264 e. The molecular formula is C10H18O8S. The summed E-state index contributed by atoms with van der Waals surface area (Å²) in [6.07, 6.45) is -4.27. The van der Waals surface area contributed by atoms with Crippen LogP contribution in [-0.2, 0) is 23.8 Å². The molecule has 2 aliphatic heterocycles. The zero-order valence-corrected chi connectivity index (χ0v) is 11.2. The SMILES string of the molecule is CS(=O)(=O)O[C@H]1CO[C@@H]2[C@@H](O)[C@H](O)[C@@H](CO)O[C@H]2C1. The summed E-state index contributed by atoms with van der Waals surface area (Å²) < 4.78 is 37.6. The summed E-state index contributed by atoms with van der Waals surface area (Å²) >= 11 is 0. The van der Waals surface area contributed by atoms with E-state index in [-0.39, 0.29) is 13.0 Å². The molecule has 2 heterocycles. The van der Waals surface area contributed by atoms with Gasteiger partial charge < -0.3 is 24.8 Å². The molecule has 0 saturated carbocycles. The molecule has 2 saturated heterocycles. The van der Waals surface area contributed by atoms with Gasteiger partial charge in [0.2, 0.25) is 0 Å². The molecule has 0 bridgehead atoms. The van der Waals surface area contributed by atoms with Crippen LogP contribution < -0.4 is 0 Å². The number of aliphatic hydroxyl groups is 3. The minimum atomic E-state index is -3.60. The summed E-state index contributed by atoms with van der Waals surface area (Å²) in [4.78, 5) is 0. The maximum Gasteiger partial charge on any atom is 0.264 e. The molecule has 2 fully saturated rings. The van der Waals surface area contributed by atoms with E-state index in [0.717, 1.165) is 6.26 Å². The van der Waals surface area contributed by atoms with Gasteiger partial charge in [-0.1, -0.05) is 0 Å². The van der Waals surface area contributed by atoms with E-state index < -0.39 is 53.3 Å². The Kier molecular flexibility index (Phi) is 4.45. The molecule has 0 radical (unpaired) electrons. The molecule has 8 nitrogen and oxygen atoms in total. The highest BCUT2D eigenvalue weighted by molar-refractivity contribution is 7.86. The first-order valence-corrected chi connectivity index (χ1v) is 7.76. The number of aliphatic hydroxyl groups excluding tert-OH is 3. The lowest BCUT2D eigenvalue weighted by Crippen LogP contribution is -2.62. The Morgan fingerprint density at radius 2 is 2.00 bits per heavy atom. The molecule has 0 unspecified atom stereocenters. The molecule has 19 heavy (non-hydrogen) atoms. The minimum Gasteiger partial charge on any atom is -0.394 e. The van der Waals surface area contributed by atoms with Crippen LogP contribution in [0, 0.1) is 0 Å². The Hall–Kier alpha value is -0.290. The van der Waals surface area contributed by atoms with Gasteiger partial charge in [-0.2, -0.15) is 8.42 Å². The predicted octanol–water partition coefficient (Wildman–Crippen LogP) is -2.40. The summed E-state index contributed by atoms with van der Waals surface area (Å²) in [5.74, 6) is 0. The first-order chi connectivity index (χ1) is 8.81. The standard InChI is InChI=1S/C10H18O8S/c1-19(14,15)18-5-2-6-10(16-4-5)9(13)8(12)7(3-11)17-6/h5-13H,2-4H2,1H3/t5-,6+,7-,8-,9+,10+/m1/s1. The number of ether oxygens (including phenoxy) is 2. The van der Waals surface area contributed by atoms with Crippen LogP contribution in [0.3, 0.4) is 0 Å². The second-order valence-electron chi connectivity index (χ2n) is 4.83. The Morgan fingerprint density at radius 1 is 1.32 bits per heavy atom. The van der Waals surface area contributed by atoms with Crippen molar-refractivity contribution in [1.82, 2.24) is 0 Å². The largest absolute Gasteiger partial charge is 0.394 e. The van der Waals surface area contributed by atoms with Crippen LogP contribution in [0.1, 0.15) is 6.42 Å². The third-order valence-electron chi connectivity index (χ3n) is 3.24. The van der Waals surface area contributed by atoms with E-state index in [2.05, 4.69) is 0 Å². The molecule has 112 valence electrons. The molecule has 0 spiro atoms. The van der Waals surface area contributed by atoms with Gasteiger partial charge >= 0.3 is 0 Å². The van der Waals surface area contributed by atoms with Gasteiger partial charge in [0.15, 0.2) is 0 Å². The lowest BCUT2D eigenvalue weighted by molar-refractivity contribution is -0.265. The zero-order valence-electron chi connectivity index (χ0n) is 10.4. The fourth-order valence-electron chi connectivity index (χ4n) is 2.42. The summed E-state index contributed by atoms with van der Waals surface area (Å²) in [5.41, 5.74) is 0. The van der Waals surface area contributed by atoms with Gasteiger partial charge in [-0.15, -0.1) is 0 Å². The second kappa shape index (κ2) is 5.60. The number of hydrogen-bond donors (Lipinski definition) is 3. The van der Waals surface area contributed by atoms with Crippen molar-refractivity contribution in [3.05, 3.63) is 0 Å². The normalized spacial score (nSPS) is 43.8. The van der Waals surface area contributed by atoms with Crippen LogP contribution in [0.5, 0.6) is 0 Å². The summed E-state index contributed by atoms with van der Waals surface area (Å²) in [7, 11) is -3.60. The van der Waals surface area contributed by atoms with E-state index in [9.17, 15) is 18.6 Å². The number of rotatable bonds is 3. The van der Waals surface area contributed by atoms with Gasteiger partial charge in [0.25, 0.3) is 10.1 Å². The van der Waals surface area contributed by atoms with Crippen molar-refractivity contribution in [3.63, 3.8) is 0 Å². The monoisotopic (exact) mass is 298 g/mol. The predicted molar refractivity (Wildman–Crippen MR) is 61.8 cm³/mol. The van der Waals surface area contributed by atoms with Gasteiger partial charge in [0.1, 0.15) is 30.5 Å². The molecule has 2 rings (SSSR count). The van der Waals surface area contributed by atoms with Gasteiger partial charge in [0.05, 0.1) is 25.6 Å². The molecular weight excluding hydrogens is 280 g/mol. The molecule has 0 aromatic carbocycles. The van der Waals surface area contributed by atoms with E-state index in [1.165, 1.54) is 0 Å². The minimum absolute atomic E-state index is 0.00876. The molecule has 0 amide bonds. The topological polar surface area (TPSA) is 123 Å². The van der Waals surface area contributed by atoms with Crippen LogP contribution in [0.25, 0.3) is 0 Å². The number of hydrogen-bond acceptors (Lipinski definition) is 8. The molecule has 6 atom stereocenters. The second-order valence-corrected chi connectivity index (χ2v) is 6.43. The van der Waals surface area contributed by atoms with Crippen LogP contribution in [0.15, 0.2) is 0 Å². The zero-order chi connectivity index (χ0) is 14.2. The molecule has 9 heteroatoms. The highest BCUT2D eigenvalue weighted by Crippen LogP contribution is 2.30. The Morgan fingerprint density at radius 3 is 2.58 bits per heavy atom. The van der Waals surface area contributed by atoms with Crippen molar-refractivity contribution >= 4 is 10.1 Å². The van der Waals surface area contributed by atoms with Gasteiger partial charge in [-0.05, 0) is 0 Å². The van der Waals surface area contributed by atoms with E-state index >= 15 is 0 Å². The van der Waals surface area contributed by atoms with Crippen molar-refractivity contribution in [2.45, 2.75) is 43.0 Å². The van der Waals surface area contributed by atoms with Gasteiger partial charge in [0, 0.05) is 6.42 Å². The Labute approximate surface area is 111 Å². The van der Waals surface area contributed by atoms with Crippen molar-refractivity contribution in [1.29, 1.82) is 0 Å². The molecule has 0 aromatic rings. The van der Waals surface area contributed by atoms with Crippen molar-refractivity contribution in [3.8, 4) is 0 Å². The van der Waals surface area contributed by atoms with E-state index in [4.69, 9.17) is 18.8 Å². The summed E-state index contributed by atoms with van der Waals surface area (Å²) in [6.45, 7) is -0.454. The first kappa shape index (κ1) is 15.1. The fourth-order valence-corrected chi connectivity index (χ4v) is 3.05. The number of fused-ring (bicyclic) bond motifs is 1. The third kappa shape index (κ3) is 3.43. The van der Waals surface area contributed by atoms with Crippen molar-refractivity contribution < 1.29 is 37.4 Å². The van der Waals surface area contributed by atoms with Crippen LogP contribution in [0.2, 0.25) is 0 Å².